The molecule has 4 rings (SSSR count). The van der Waals surface area contributed by atoms with E-state index < -0.39 is 39.0 Å². The Bertz CT molecular complexity index is 1630. The number of benzene rings is 4. The average molecular weight is 609 g/mol. The van der Waals surface area contributed by atoms with Crippen LogP contribution in [0.1, 0.15) is 15.9 Å². The molecular formula is C27H20F4N2O6S2. The highest BCUT2D eigenvalue weighted by Gasteiger charge is 2.29. The quantitative estimate of drug-likeness (QED) is 0.0818. The van der Waals surface area contributed by atoms with Gasteiger partial charge in [-0.2, -0.15) is 21.6 Å². The van der Waals surface area contributed by atoms with E-state index in [2.05, 4.69) is 5.32 Å². The number of amides is 1. The number of halogens is 4. The van der Waals surface area contributed by atoms with Gasteiger partial charge in [0.05, 0.1) is 5.69 Å². The number of carbonyl (C=O) groups is 1. The Morgan fingerprint density at radius 1 is 0.927 bits per heavy atom. The lowest BCUT2D eigenvalue weighted by Crippen LogP contribution is -2.25. The van der Waals surface area contributed by atoms with Gasteiger partial charge in [0.25, 0.3) is 5.91 Å². The Hall–Kier alpha value is -4.27. The van der Waals surface area contributed by atoms with Gasteiger partial charge in [0.2, 0.25) is 0 Å². The van der Waals surface area contributed by atoms with Crippen molar-refractivity contribution in [2.24, 2.45) is 0 Å². The molecule has 3 N–H and O–H groups in total. The smallest absolute Gasteiger partial charge is 0.446 e. The van der Waals surface area contributed by atoms with E-state index in [0.29, 0.717) is 15.6 Å². The number of phenols is 1. The van der Waals surface area contributed by atoms with E-state index in [0.717, 1.165) is 36.4 Å². The molecule has 0 aliphatic rings. The van der Waals surface area contributed by atoms with Crippen LogP contribution in [0.4, 0.5) is 34.6 Å². The maximum Gasteiger partial charge on any atom is 0.446 e. The van der Waals surface area contributed by atoms with Gasteiger partial charge in [-0.15, -0.1) is 0 Å². The molecular weight excluding hydrogens is 588 g/mol. The summed E-state index contributed by atoms with van der Waals surface area (Å²) in [5, 5.41) is 12.8. The lowest BCUT2D eigenvalue weighted by Gasteiger charge is -2.22. The highest BCUT2D eigenvalue weighted by Crippen LogP contribution is 2.38. The van der Waals surface area contributed by atoms with Crippen LogP contribution < -0.4 is 14.4 Å². The molecule has 14 heteroatoms. The van der Waals surface area contributed by atoms with Crippen LogP contribution in [0.15, 0.2) is 95.9 Å². The first-order valence-electron chi connectivity index (χ1n) is 11.5. The lowest BCUT2D eigenvalue weighted by atomic mass is 10.2. The summed E-state index contributed by atoms with van der Waals surface area (Å²) in [5.74, 6) is -1.39. The highest BCUT2D eigenvalue weighted by atomic mass is 32.2. The van der Waals surface area contributed by atoms with Gasteiger partial charge in [0.15, 0.2) is 0 Å². The highest BCUT2D eigenvalue weighted by molar-refractivity contribution is 8.00. The summed E-state index contributed by atoms with van der Waals surface area (Å²) in [6.07, 6.45) is 0. The molecule has 214 valence electrons. The molecule has 0 unspecified atom stereocenters. The first-order chi connectivity index (χ1) is 19.3. The number of hydrogen-bond donors (Lipinski definition) is 3. The van der Waals surface area contributed by atoms with E-state index in [-0.39, 0.29) is 40.2 Å². The summed E-state index contributed by atoms with van der Waals surface area (Å²) in [5.41, 5.74) is -4.02. The minimum absolute atomic E-state index is 0.0542. The van der Waals surface area contributed by atoms with Crippen molar-refractivity contribution in [3.8, 4) is 11.5 Å². The van der Waals surface area contributed by atoms with Gasteiger partial charge < -0.3 is 15.2 Å². The number of rotatable bonds is 9. The molecule has 0 saturated heterocycles. The average Bonchev–Trinajstić information content (AvgIpc) is 2.90. The van der Waals surface area contributed by atoms with Crippen LogP contribution in [0, 0.1) is 5.82 Å². The molecule has 41 heavy (non-hydrogen) atoms. The summed E-state index contributed by atoms with van der Waals surface area (Å²) >= 11 is -0.212. The minimum atomic E-state index is -4.97. The van der Waals surface area contributed by atoms with Crippen LogP contribution in [0.5, 0.6) is 11.5 Å². The zero-order valence-corrected chi connectivity index (χ0v) is 22.3. The van der Waals surface area contributed by atoms with Crippen molar-refractivity contribution >= 4 is 45.0 Å². The molecule has 0 heterocycles. The van der Waals surface area contributed by atoms with Crippen molar-refractivity contribution in [1.29, 1.82) is 0 Å². The van der Waals surface area contributed by atoms with Gasteiger partial charge >= 0.3 is 15.8 Å². The van der Waals surface area contributed by atoms with Crippen LogP contribution in [0.2, 0.25) is 0 Å². The topological polar surface area (TPSA) is 116 Å². The maximum absolute atomic E-state index is 13.3. The van der Waals surface area contributed by atoms with Gasteiger partial charge in [-0.05, 0) is 96.2 Å². The Morgan fingerprint density at radius 2 is 1.56 bits per heavy atom. The number of nitrogens with zero attached hydrogens (tertiary/aromatic N) is 1. The van der Waals surface area contributed by atoms with Crippen molar-refractivity contribution in [3.63, 3.8) is 0 Å². The molecule has 0 aliphatic carbocycles. The molecule has 0 fully saturated rings. The van der Waals surface area contributed by atoms with Gasteiger partial charge in [0, 0.05) is 16.1 Å². The van der Waals surface area contributed by atoms with Crippen molar-refractivity contribution < 1.29 is 45.2 Å². The van der Waals surface area contributed by atoms with E-state index in [1.54, 1.807) is 0 Å². The van der Waals surface area contributed by atoms with E-state index in [4.69, 9.17) is 4.74 Å². The van der Waals surface area contributed by atoms with Crippen molar-refractivity contribution in [1.82, 2.24) is 0 Å². The van der Waals surface area contributed by atoms with E-state index in [1.165, 1.54) is 54.6 Å². The monoisotopic (exact) mass is 608 g/mol. The number of ether oxygens (including phenoxy) is 1. The summed E-state index contributed by atoms with van der Waals surface area (Å²) in [7, 11) is -4.97. The standard InChI is InChI=1S/C27H20F4N2O6S2/c28-19-5-8-21(9-6-19)33(41(36,37)38)24-15-20(7-14-25(24)34)32-26(35)18-3-10-22(11-4-18)39-16-17-1-12-23(13-2-17)40-27(29,30)31/h1-15,34H,16H2,(H,32,35)(H,36,37,38). The van der Waals surface area contributed by atoms with Crippen molar-refractivity contribution in [3.05, 3.63) is 108 Å². The molecule has 8 nitrogen and oxygen atoms in total. The molecule has 0 bridgehead atoms. The molecule has 4 aromatic carbocycles. The fraction of sp³-hybridized carbons (Fsp3) is 0.0741. The van der Waals surface area contributed by atoms with Crippen LogP contribution in [0.3, 0.4) is 0 Å². The Balaban J connectivity index is 1.43. The number of aromatic hydroxyl groups is 1. The van der Waals surface area contributed by atoms with Crippen LogP contribution >= 0.6 is 11.8 Å². The zero-order chi connectivity index (χ0) is 29.8. The number of hydrogen-bond acceptors (Lipinski definition) is 6. The van der Waals surface area contributed by atoms with E-state index >= 15 is 0 Å². The first kappa shape index (κ1) is 29.7. The van der Waals surface area contributed by atoms with Crippen LogP contribution in [-0.4, -0.2) is 29.5 Å². The predicted molar refractivity (Wildman–Crippen MR) is 145 cm³/mol. The van der Waals surface area contributed by atoms with E-state index in [9.17, 15) is 40.4 Å². The Kier molecular flexibility index (Phi) is 8.75. The van der Waals surface area contributed by atoms with Crippen LogP contribution in [-0.2, 0) is 16.9 Å². The summed E-state index contributed by atoms with van der Waals surface area (Å²) in [4.78, 5) is 12.8. The second kappa shape index (κ2) is 12.1. The Labute approximate surface area is 236 Å². The molecule has 0 saturated carbocycles. The molecule has 1 amide bonds. The molecule has 4 aromatic rings. The van der Waals surface area contributed by atoms with Crippen molar-refractivity contribution in [2.75, 3.05) is 9.62 Å². The van der Waals surface area contributed by atoms with Crippen LogP contribution in [0.25, 0.3) is 0 Å². The third-order valence-electron chi connectivity index (χ3n) is 5.42. The number of alkyl halides is 3. The summed E-state index contributed by atoms with van der Waals surface area (Å²) < 4.78 is 90.7. The summed E-state index contributed by atoms with van der Waals surface area (Å²) in [6.45, 7) is 0.0805. The van der Waals surface area contributed by atoms with E-state index in [1.807, 2.05) is 0 Å². The summed E-state index contributed by atoms with van der Waals surface area (Å²) in [6, 6.07) is 19.3. The van der Waals surface area contributed by atoms with Crippen molar-refractivity contribution in [2.45, 2.75) is 17.0 Å². The largest absolute Gasteiger partial charge is 0.506 e. The molecule has 0 aromatic heterocycles. The van der Waals surface area contributed by atoms with Gasteiger partial charge in [0.1, 0.15) is 29.6 Å². The van der Waals surface area contributed by atoms with Gasteiger partial charge in [-0.1, -0.05) is 12.1 Å². The molecule has 0 atom stereocenters. The normalized spacial score (nSPS) is 11.6. The predicted octanol–water partition coefficient (Wildman–Crippen LogP) is 6.92. The molecule has 0 aliphatic heterocycles. The van der Waals surface area contributed by atoms with Gasteiger partial charge in [-0.25, -0.2) is 8.70 Å². The fourth-order valence-corrected chi connectivity index (χ4v) is 4.92. The van der Waals surface area contributed by atoms with Gasteiger partial charge in [-0.3, -0.25) is 9.35 Å². The first-order valence-corrected chi connectivity index (χ1v) is 13.7. The number of phenolic OH excluding ortho intramolecular Hbond substituents is 1. The Morgan fingerprint density at radius 3 is 2.15 bits per heavy atom. The zero-order valence-electron chi connectivity index (χ0n) is 20.7. The maximum atomic E-state index is 13.3. The third-order valence-corrected chi connectivity index (χ3v) is 7.03. The SMILES string of the molecule is O=C(Nc1ccc(O)c(N(c2ccc(F)cc2)S(=O)(=O)O)c1)c1ccc(OCc2ccc(SC(F)(F)F)cc2)cc1. The number of thioether (sulfide) groups is 1. The molecule has 0 spiro atoms. The minimum Gasteiger partial charge on any atom is -0.506 e. The fourth-order valence-electron chi connectivity index (χ4n) is 3.60. The molecule has 0 radical (unpaired) electrons. The second-order valence-electron chi connectivity index (χ2n) is 8.38. The second-order valence-corrected chi connectivity index (χ2v) is 10.8. The number of carbonyl (C=O) groups excluding carboxylic acids is 1. The third kappa shape index (κ3) is 8.13. The number of anilines is 3. The lowest BCUT2D eigenvalue weighted by molar-refractivity contribution is -0.0328. The number of nitrogens with one attached hydrogen (secondary N) is 1.